The molecular weight excluding hydrogens is 235 g/mol. The van der Waals surface area contributed by atoms with Gasteiger partial charge < -0.3 is 9.31 Å². The maximum atomic E-state index is 6.30. The molecule has 0 radical (unpaired) electrons. The van der Waals surface area contributed by atoms with Crippen LogP contribution < -0.4 is 0 Å². The van der Waals surface area contributed by atoms with E-state index in [1.54, 1.807) is 0 Å². The van der Waals surface area contributed by atoms with Gasteiger partial charge in [-0.2, -0.15) is 0 Å². The summed E-state index contributed by atoms with van der Waals surface area (Å²) in [6.45, 7) is 8.70. The first-order valence-corrected chi connectivity index (χ1v) is 8.20. The van der Waals surface area contributed by atoms with Crippen molar-refractivity contribution in [2.75, 3.05) is 0 Å². The zero-order valence-electron chi connectivity index (χ0n) is 12.9. The molecule has 0 N–H and O–H groups in total. The molecule has 2 nitrogen and oxygen atoms in total. The SMILES string of the molecule is CC1(C)OB(C2CC23CC2CCC3CC2)OC1(C)C. The first-order chi connectivity index (χ1) is 8.84. The highest BCUT2D eigenvalue weighted by Crippen LogP contribution is 2.74. The smallest absolute Gasteiger partial charge is 0.403 e. The monoisotopic (exact) mass is 262 g/mol. The molecule has 1 heterocycles. The summed E-state index contributed by atoms with van der Waals surface area (Å²) in [5.41, 5.74) is 0.298. The lowest BCUT2D eigenvalue weighted by Crippen LogP contribution is -2.41. The minimum atomic E-state index is -0.158. The van der Waals surface area contributed by atoms with E-state index in [1.165, 1.54) is 38.5 Å². The standard InChI is InChI=1S/C16H27BO2/c1-14(2)15(3,4)19-17(18-14)13-10-16(13)9-11-5-7-12(16)8-6-11/h11-13H,5-10H2,1-4H3. The molecule has 1 saturated heterocycles. The zero-order chi connectivity index (χ0) is 13.5. The van der Waals surface area contributed by atoms with Crippen LogP contribution in [0.2, 0.25) is 5.82 Å². The van der Waals surface area contributed by atoms with Crippen LogP contribution in [-0.4, -0.2) is 18.3 Å². The molecule has 0 amide bonds. The van der Waals surface area contributed by atoms with E-state index in [0.717, 1.165) is 11.8 Å². The predicted molar refractivity (Wildman–Crippen MR) is 76.9 cm³/mol. The summed E-state index contributed by atoms with van der Waals surface area (Å²) in [5.74, 6) is 2.67. The van der Waals surface area contributed by atoms with Crippen LogP contribution in [0.25, 0.3) is 0 Å². The average molecular weight is 262 g/mol. The molecule has 5 fully saturated rings. The third-order valence-corrected chi connectivity index (χ3v) is 7.11. The van der Waals surface area contributed by atoms with Crippen LogP contribution >= 0.6 is 0 Å². The van der Waals surface area contributed by atoms with Gasteiger partial charge >= 0.3 is 7.12 Å². The van der Waals surface area contributed by atoms with Crippen molar-refractivity contribution in [1.29, 1.82) is 0 Å². The number of rotatable bonds is 1. The fourth-order valence-corrected chi connectivity index (χ4v) is 5.12. The van der Waals surface area contributed by atoms with Crippen molar-refractivity contribution in [2.24, 2.45) is 17.3 Å². The van der Waals surface area contributed by atoms with Crippen LogP contribution in [0.15, 0.2) is 0 Å². The van der Waals surface area contributed by atoms with Crippen LogP contribution in [0.5, 0.6) is 0 Å². The first-order valence-electron chi connectivity index (χ1n) is 8.20. The molecule has 0 aromatic rings. The molecular formula is C16H27BO2. The molecule has 1 spiro atoms. The second-order valence-electron chi connectivity index (χ2n) is 8.59. The summed E-state index contributed by atoms with van der Waals surface area (Å²) in [7, 11) is 0.0596. The van der Waals surface area contributed by atoms with Gasteiger partial charge in [0.15, 0.2) is 0 Å². The van der Waals surface area contributed by atoms with Gasteiger partial charge in [-0.3, -0.25) is 0 Å². The molecule has 3 heteroatoms. The van der Waals surface area contributed by atoms with Crippen LogP contribution in [0.4, 0.5) is 0 Å². The Morgan fingerprint density at radius 1 is 0.842 bits per heavy atom. The highest BCUT2D eigenvalue weighted by atomic mass is 16.7. The Bertz CT molecular complexity index is 382. The second-order valence-corrected chi connectivity index (χ2v) is 8.59. The van der Waals surface area contributed by atoms with Gasteiger partial charge in [0.1, 0.15) is 0 Å². The van der Waals surface area contributed by atoms with E-state index in [2.05, 4.69) is 27.7 Å². The van der Waals surface area contributed by atoms with Crippen molar-refractivity contribution >= 4 is 7.12 Å². The summed E-state index contributed by atoms with van der Waals surface area (Å²) in [4.78, 5) is 0. The molecule has 2 atom stereocenters. The number of fused-ring (bicyclic) bond motifs is 2. The van der Waals surface area contributed by atoms with Gasteiger partial charge in [-0.1, -0.05) is 12.8 Å². The Labute approximate surface area is 117 Å². The topological polar surface area (TPSA) is 18.5 Å². The van der Waals surface area contributed by atoms with Gasteiger partial charge in [-0.05, 0) is 70.6 Å². The summed E-state index contributed by atoms with van der Waals surface area (Å²) in [5, 5.41) is 0. The van der Waals surface area contributed by atoms with Crippen molar-refractivity contribution in [1.82, 2.24) is 0 Å². The van der Waals surface area contributed by atoms with E-state index < -0.39 is 0 Å². The lowest BCUT2D eigenvalue weighted by atomic mass is 9.58. The molecule has 4 aliphatic carbocycles. The molecule has 1 aliphatic heterocycles. The zero-order valence-corrected chi connectivity index (χ0v) is 12.9. The van der Waals surface area contributed by atoms with Crippen molar-refractivity contribution in [3.8, 4) is 0 Å². The third kappa shape index (κ3) is 1.64. The van der Waals surface area contributed by atoms with Gasteiger partial charge in [-0.15, -0.1) is 0 Å². The van der Waals surface area contributed by atoms with E-state index in [-0.39, 0.29) is 18.3 Å². The van der Waals surface area contributed by atoms with Gasteiger partial charge in [0.05, 0.1) is 11.2 Å². The van der Waals surface area contributed by atoms with Crippen molar-refractivity contribution < 1.29 is 9.31 Å². The molecule has 5 rings (SSSR count). The molecule has 5 aliphatic rings. The van der Waals surface area contributed by atoms with E-state index in [9.17, 15) is 0 Å². The van der Waals surface area contributed by atoms with Gasteiger partial charge in [0.25, 0.3) is 0 Å². The van der Waals surface area contributed by atoms with Gasteiger partial charge in [0, 0.05) is 5.82 Å². The maximum Gasteiger partial charge on any atom is 0.461 e. The van der Waals surface area contributed by atoms with E-state index in [1.807, 2.05) is 0 Å². The summed E-state index contributed by atoms with van der Waals surface area (Å²) < 4.78 is 12.6. The lowest BCUT2D eigenvalue weighted by molar-refractivity contribution is 0.00578. The van der Waals surface area contributed by atoms with Gasteiger partial charge in [0.2, 0.25) is 0 Å². The Morgan fingerprint density at radius 3 is 1.89 bits per heavy atom. The molecule has 2 bridgehead atoms. The average Bonchev–Trinajstić information content (AvgIpc) is 2.97. The second kappa shape index (κ2) is 3.60. The van der Waals surface area contributed by atoms with Crippen molar-refractivity contribution in [3.63, 3.8) is 0 Å². The lowest BCUT2D eigenvalue weighted by Gasteiger charge is -2.44. The molecule has 0 aromatic carbocycles. The molecule has 106 valence electrons. The fraction of sp³-hybridized carbons (Fsp3) is 1.00. The highest BCUT2D eigenvalue weighted by Gasteiger charge is 2.70. The van der Waals surface area contributed by atoms with Crippen LogP contribution in [0.1, 0.15) is 66.2 Å². The Morgan fingerprint density at radius 2 is 1.42 bits per heavy atom. The molecule has 0 aromatic heterocycles. The predicted octanol–water partition coefficient (Wildman–Crippen LogP) is 4.05. The maximum absolute atomic E-state index is 6.30. The molecule has 2 unspecified atom stereocenters. The van der Waals surface area contributed by atoms with Crippen LogP contribution in [-0.2, 0) is 9.31 Å². The normalized spacial score (nSPS) is 49.9. The van der Waals surface area contributed by atoms with E-state index in [0.29, 0.717) is 11.2 Å². The number of hydrogen-bond donors (Lipinski definition) is 0. The Hall–Kier alpha value is -0.0151. The minimum absolute atomic E-state index is 0.0596. The quantitative estimate of drug-likeness (QED) is 0.664. The Balaban J connectivity index is 1.52. The minimum Gasteiger partial charge on any atom is -0.403 e. The summed E-state index contributed by atoms with van der Waals surface area (Å²) in [6, 6.07) is 0. The molecule has 19 heavy (non-hydrogen) atoms. The third-order valence-electron chi connectivity index (χ3n) is 7.11. The Kier molecular flexibility index (Phi) is 2.40. The van der Waals surface area contributed by atoms with Crippen molar-refractivity contribution in [2.45, 2.75) is 83.2 Å². The highest BCUT2D eigenvalue weighted by molar-refractivity contribution is 6.49. The fourth-order valence-electron chi connectivity index (χ4n) is 5.12. The van der Waals surface area contributed by atoms with Crippen LogP contribution in [0, 0.1) is 17.3 Å². The first kappa shape index (κ1) is 12.7. The van der Waals surface area contributed by atoms with E-state index in [4.69, 9.17) is 9.31 Å². The summed E-state index contributed by atoms with van der Waals surface area (Å²) >= 11 is 0. The number of hydrogen-bond acceptors (Lipinski definition) is 2. The van der Waals surface area contributed by atoms with E-state index >= 15 is 0 Å². The molecule has 4 saturated carbocycles. The largest absolute Gasteiger partial charge is 0.461 e. The van der Waals surface area contributed by atoms with Gasteiger partial charge in [-0.25, -0.2) is 0 Å². The summed E-state index contributed by atoms with van der Waals surface area (Å²) in [6.07, 6.45) is 8.75. The van der Waals surface area contributed by atoms with Crippen LogP contribution in [0.3, 0.4) is 0 Å². The van der Waals surface area contributed by atoms with Crippen molar-refractivity contribution in [3.05, 3.63) is 0 Å².